The maximum Gasteiger partial charge on any atom is 0.251 e. The van der Waals surface area contributed by atoms with E-state index in [0.717, 1.165) is 5.56 Å². The van der Waals surface area contributed by atoms with Gasteiger partial charge < -0.3 is 15.2 Å². The number of aryl methyl sites for hydroxylation is 1. The highest BCUT2D eigenvalue weighted by atomic mass is 35.5. The standard InChI is InChI=1S/C23H26ClN5O2S/c1-14(2)20(26-22(31)16-10-8-15(3)9-11-16)21-27-28-23(29(21)4)32-13-19(30)25-18-7-5-6-17(24)12-18/h5-12,14,20H,13H2,1-4H3,(H,25,30)(H,26,31)/t20-/m1/s1. The summed E-state index contributed by atoms with van der Waals surface area (Å²) in [4.78, 5) is 25.0. The lowest BCUT2D eigenvalue weighted by molar-refractivity contribution is -0.113. The number of carbonyl (C=O) groups excluding carboxylic acids is 2. The third kappa shape index (κ3) is 6.11. The smallest absolute Gasteiger partial charge is 0.251 e. The minimum atomic E-state index is -0.323. The number of anilines is 1. The van der Waals surface area contributed by atoms with E-state index in [9.17, 15) is 9.59 Å². The molecule has 0 unspecified atom stereocenters. The van der Waals surface area contributed by atoms with Gasteiger partial charge in [0.25, 0.3) is 5.91 Å². The Balaban J connectivity index is 1.66. The molecule has 3 aromatic rings. The van der Waals surface area contributed by atoms with Gasteiger partial charge in [-0.1, -0.05) is 61.0 Å². The highest BCUT2D eigenvalue weighted by Gasteiger charge is 2.25. The minimum absolute atomic E-state index is 0.0938. The number of aromatic nitrogens is 3. The van der Waals surface area contributed by atoms with Crippen LogP contribution in [-0.4, -0.2) is 32.3 Å². The normalized spacial score (nSPS) is 11.9. The Morgan fingerprint density at radius 1 is 1.12 bits per heavy atom. The van der Waals surface area contributed by atoms with Crippen LogP contribution in [0.4, 0.5) is 5.69 Å². The predicted molar refractivity (Wildman–Crippen MR) is 128 cm³/mol. The van der Waals surface area contributed by atoms with E-state index in [4.69, 9.17) is 11.6 Å². The van der Waals surface area contributed by atoms with Gasteiger partial charge in [0.2, 0.25) is 5.91 Å². The number of nitrogens with one attached hydrogen (secondary N) is 2. The topological polar surface area (TPSA) is 88.9 Å². The Labute approximate surface area is 197 Å². The summed E-state index contributed by atoms with van der Waals surface area (Å²) in [5, 5.41) is 15.5. The van der Waals surface area contributed by atoms with Gasteiger partial charge in [-0.15, -0.1) is 10.2 Å². The first-order valence-corrected chi connectivity index (χ1v) is 11.6. The first-order valence-electron chi connectivity index (χ1n) is 10.2. The van der Waals surface area contributed by atoms with Crippen molar-refractivity contribution in [2.45, 2.75) is 32.0 Å². The van der Waals surface area contributed by atoms with Crippen molar-refractivity contribution in [3.8, 4) is 0 Å². The number of nitrogens with zero attached hydrogens (tertiary/aromatic N) is 3. The van der Waals surface area contributed by atoms with Crippen molar-refractivity contribution in [3.05, 3.63) is 70.5 Å². The van der Waals surface area contributed by atoms with Crippen molar-refractivity contribution in [1.29, 1.82) is 0 Å². The van der Waals surface area contributed by atoms with Gasteiger partial charge in [-0.3, -0.25) is 9.59 Å². The van der Waals surface area contributed by atoms with Gasteiger partial charge >= 0.3 is 0 Å². The molecule has 2 aromatic carbocycles. The lowest BCUT2D eigenvalue weighted by Crippen LogP contribution is -2.33. The van der Waals surface area contributed by atoms with Crippen molar-refractivity contribution < 1.29 is 9.59 Å². The molecule has 1 atom stereocenters. The second-order valence-corrected chi connectivity index (χ2v) is 9.19. The Morgan fingerprint density at radius 3 is 2.50 bits per heavy atom. The molecule has 0 aliphatic heterocycles. The molecule has 0 fully saturated rings. The fraction of sp³-hybridized carbons (Fsp3) is 0.304. The zero-order valence-corrected chi connectivity index (χ0v) is 20.0. The van der Waals surface area contributed by atoms with Crippen LogP contribution >= 0.6 is 23.4 Å². The number of benzene rings is 2. The third-order valence-electron chi connectivity index (χ3n) is 4.85. The molecule has 2 amide bonds. The fourth-order valence-electron chi connectivity index (χ4n) is 3.07. The Kier molecular flexibility index (Phi) is 7.93. The van der Waals surface area contributed by atoms with E-state index in [0.29, 0.717) is 27.3 Å². The first kappa shape index (κ1) is 23.8. The minimum Gasteiger partial charge on any atom is -0.342 e. The molecular weight excluding hydrogens is 446 g/mol. The molecule has 1 heterocycles. The van der Waals surface area contributed by atoms with E-state index in [1.165, 1.54) is 11.8 Å². The summed E-state index contributed by atoms with van der Waals surface area (Å²) in [6.45, 7) is 6.01. The van der Waals surface area contributed by atoms with Crippen LogP contribution in [0.3, 0.4) is 0 Å². The number of carbonyl (C=O) groups is 2. The number of hydrogen-bond acceptors (Lipinski definition) is 5. The SMILES string of the molecule is Cc1ccc(C(=O)N[C@@H](c2nnc(SCC(=O)Nc3cccc(Cl)c3)n2C)C(C)C)cc1. The molecule has 1 aromatic heterocycles. The molecule has 9 heteroatoms. The summed E-state index contributed by atoms with van der Waals surface area (Å²) in [5.41, 5.74) is 2.33. The Morgan fingerprint density at radius 2 is 1.84 bits per heavy atom. The molecule has 0 saturated carbocycles. The molecule has 0 saturated heterocycles. The van der Waals surface area contributed by atoms with Gasteiger partial charge in [0.1, 0.15) is 0 Å². The maximum absolute atomic E-state index is 12.7. The largest absolute Gasteiger partial charge is 0.342 e. The average Bonchev–Trinajstić information content (AvgIpc) is 3.10. The van der Waals surface area contributed by atoms with E-state index >= 15 is 0 Å². The van der Waals surface area contributed by atoms with Crippen molar-refractivity contribution >= 4 is 40.9 Å². The monoisotopic (exact) mass is 471 g/mol. The molecule has 32 heavy (non-hydrogen) atoms. The molecule has 3 rings (SSSR count). The molecule has 0 radical (unpaired) electrons. The lowest BCUT2D eigenvalue weighted by atomic mass is 10.0. The summed E-state index contributed by atoms with van der Waals surface area (Å²) < 4.78 is 1.82. The number of hydrogen-bond donors (Lipinski definition) is 2. The third-order valence-corrected chi connectivity index (χ3v) is 6.11. The Bertz CT molecular complexity index is 1100. The number of halogens is 1. The summed E-state index contributed by atoms with van der Waals surface area (Å²) in [5.74, 6) is 0.562. The van der Waals surface area contributed by atoms with Gasteiger partial charge in [-0.25, -0.2) is 0 Å². The second-order valence-electron chi connectivity index (χ2n) is 7.81. The van der Waals surface area contributed by atoms with Gasteiger partial charge in [0.05, 0.1) is 11.8 Å². The van der Waals surface area contributed by atoms with E-state index in [1.807, 2.05) is 44.5 Å². The van der Waals surface area contributed by atoms with Gasteiger partial charge in [-0.2, -0.15) is 0 Å². The van der Waals surface area contributed by atoms with Crippen LogP contribution in [0.25, 0.3) is 0 Å². The van der Waals surface area contributed by atoms with E-state index in [1.54, 1.807) is 36.4 Å². The highest BCUT2D eigenvalue weighted by Crippen LogP contribution is 2.25. The van der Waals surface area contributed by atoms with Crippen LogP contribution in [-0.2, 0) is 11.8 Å². The van der Waals surface area contributed by atoms with Crippen molar-refractivity contribution in [3.63, 3.8) is 0 Å². The van der Waals surface area contributed by atoms with Crippen LogP contribution in [0.1, 0.15) is 41.6 Å². The predicted octanol–water partition coefficient (Wildman–Crippen LogP) is 4.63. The van der Waals surface area contributed by atoms with Gasteiger partial charge in [0, 0.05) is 23.3 Å². The van der Waals surface area contributed by atoms with Crippen LogP contribution in [0.15, 0.2) is 53.7 Å². The molecule has 168 valence electrons. The van der Waals surface area contributed by atoms with E-state index in [-0.39, 0.29) is 29.5 Å². The van der Waals surface area contributed by atoms with Crippen LogP contribution in [0, 0.1) is 12.8 Å². The van der Waals surface area contributed by atoms with Crippen molar-refractivity contribution in [1.82, 2.24) is 20.1 Å². The quantitative estimate of drug-likeness (QED) is 0.467. The number of rotatable bonds is 8. The van der Waals surface area contributed by atoms with Crippen LogP contribution < -0.4 is 10.6 Å². The summed E-state index contributed by atoms with van der Waals surface area (Å²) in [7, 11) is 1.83. The summed E-state index contributed by atoms with van der Waals surface area (Å²) in [6.07, 6.45) is 0. The average molecular weight is 472 g/mol. The molecule has 0 aliphatic rings. The number of amides is 2. The van der Waals surface area contributed by atoms with Gasteiger partial charge in [-0.05, 0) is 43.2 Å². The van der Waals surface area contributed by atoms with E-state index in [2.05, 4.69) is 20.8 Å². The highest BCUT2D eigenvalue weighted by molar-refractivity contribution is 7.99. The molecule has 2 N–H and O–H groups in total. The van der Waals surface area contributed by atoms with Crippen LogP contribution in [0.5, 0.6) is 0 Å². The van der Waals surface area contributed by atoms with Gasteiger partial charge in [0.15, 0.2) is 11.0 Å². The molecule has 7 nitrogen and oxygen atoms in total. The second kappa shape index (κ2) is 10.7. The molecule has 0 bridgehead atoms. The zero-order valence-electron chi connectivity index (χ0n) is 18.4. The molecule has 0 spiro atoms. The fourth-order valence-corrected chi connectivity index (χ4v) is 3.98. The molecular formula is C23H26ClN5O2S. The van der Waals surface area contributed by atoms with Crippen LogP contribution in [0.2, 0.25) is 5.02 Å². The first-order chi connectivity index (χ1) is 15.2. The Hall–Kier alpha value is -2.84. The maximum atomic E-state index is 12.7. The number of thioether (sulfide) groups is 1. The summed E-state index contributed by atoms with van der Waals surface area (Å²) >= 11 is 7.23. The summed E-state index contributed by atoms with van der Waals surface area (Å²) in [6, 6.07) is 14.1. The van der Waals surface area contributed by atoms with E-state index < -0.39 is 0 Å². The van der Waals surface area contributed by atoms with Crippen molar-refractivity contribution in [2.24, 2.45) is 13.0 Å². The molecule has 0 aliphatic carbocycles. The zero-order chi connectivity index (χ0) is 23.3. The lowest BCUT2D eigenvalue weighted by Gasteiger charge is -2.21. The van der Waals surface area contributed by atoms with Crippen molar-refractivity contribution in [2.75, 3.05) is 11.1 Å².